The molecule has 5 N–H and O–H groups in total. The molecule has 0 saturated heterocycles. The van der Waals surface area contributed by atoms with Crippen molar-refractivity contribution in [2.45, 2.75) is 12.5 Å². The third kappa shape index (κ3) is 3.20. The first-order chi connectivity index (χ1) is 9.11. The molecule has 1 atom stereocenters. The second-order valence-electron chi connectivity index (χ2n) is 4.16. The Hall–Kier alpha value is -1.69. The van der Waals surface area contributed by atoms with Gasteiger partial charge in [0.25, 0.3) is 0 Å². The number of benzene rings is 1. The summed E-state index contributed by atoms with van der Waals surface area (Å²) in [7, 11) is 0. The largest absolute Gasteiger partial charge is 0.398 e. The smallest absolute Gasteiger partial charge is 0.124 e. The van der Waals surface area contributed by atoms with Crippen LogP contribution in [-0.2, 0) is 6.42 Å². The minimum Gasteiger partial charge on any atom is -0.398 e. The van der Waals surface area contributed by atoms with Crippen molar-refractivity contribution in [3.63, 3.8) is 0 Å². The van der Waals surface area contributed by atoms with Gasteiger partial charge >= 0.3 is 0 Å². The van der Waals surface area contributed by atoms with E-state index >= 15 is 0 Å². The molecule has 2 rings (SSSR count). The van der Waals surface area contributed by atoms with Crippen molar-refractivity contribution in [3.05, 3.63) is 58.6 Å². The Morgan fingerprint density at radius 2 is 2.16 bits per heavy atom. The molecule has 1 unspecified atom stereocenters. The minimum atomic E-state index is -0.384. The van der Waals surface area contributed by atoms with Crippen molar-refractivity contribution in [2.75, 3.05) is 5.73 Å². The second-order valence-corrected chi connectivity index (χ2v) is 4.57. The predicted molar refractivity (Wildman–Crippen MR) is 73.8 cm³/mol. The molecular formula is C13H14ClFN4. The topological polar surface area (TPSA) is 77.0 Å². The average molecular weight is 281 g/mol. The number of hydrazine groups is 1. The Labute approximate surface area is 115 Å². The molecule has 4 nitrogen and oxygen atoms in total. The van der Waals surface area contributed by atoms with Crippen LogP contribution < -0.4 is 17.0 Å². The van der Waals surface area contributed by atoms with Crippen molar-refractivity contribution in [1.82, 2.24) is 10.4 Å². The Bertz CT molecular complexity index is 576. The Kier molecular flexibility index (Phi) is 4.31. The van der Waals surface area contributed by atoms with E-state index in [1.807, 2.05) is 0 Å². The number of nitrogens with one attached hydrogen (secondary N) is 1. The third-order valence-corrected chi connectivity index (χ3v) is 3.23. The molecule has 6 heteroatoms. The van der Waals surface area contributed by atoms with Crippen LogP contribution >= 0.6 is 11.6 Å². The van der Waals surface area contributed by atoms with Gasteiger partial charge in [0, 0.05) is 23.1 Å². The first-order valence-corrected chi connectivity index (χ1v) is 6.09. The van der Waals surface area contributed by atoms with E-state index in [1.54, 1.807) is 24.5 Å². The van der Waals surface area contributed by atoms with Crippen LogP contribution in [0.15, 0.2) is 36.7 Å². The number of halogens is 2. The summed E-state index contributed by atoms with van der Waals surface area (Å²) in [6.45, 7) is 0. The fourth-order valence-electron chi connectivity index (χ4n) is 1.87. The third-order valence-electron chi connectivity index (χ3n) is 2.90. The standard InChI is InChI=1S/C13H14ClFN4/c14-11-6-9(15)1-2-10(11)13(19-17)5-8-7-18-4-3-12(8)16/h1-4,6-7,13,19H,5,17H2,(H2,16,18). The summed E-state index contributed by atoms with van der Waals surface area (Å²) < 4.78 is 13.0. The number of pyridine rings is 1. The van der Waals surface area contributed by atoms with E-state index in [4.69, 9.17) is 23.2 Å². The zero-order valence-electron chi connectivity index (χ0n) is 10.1. The van der Waals surface area contributed by atoms with Crippen LogP contribution in [0.4, 0.5) is 10.1 Å². The van der Waals surface area contributed by atoms with Gasteiger partial charge in [0.2, 0.25) is 0 Å². The van der Waals surface area contributed by atoms with Crippen LogP contribution in [0.25, 0.3) is 0 Å². The van der Waals surface area contributed by atoms with Gasteiger partial charge in [-0.25, -0.2) is 4.39 Å². The molecule has 2 aromatic rings. The molecule has 1 heterocycles. The molecule has 0 bridgehead atoms. The summed E-state index contributed by atoms with van der Waals surface area (Å²) in [5.41, 5.74) is 10.7. The number of hydrogen-bond donors (Lipinski definition) is 3. The highest BCUT2D eigenvalue weighted by Gasteiger charge is 2.15. The number of aromatic nitrogens is 1. The molecule has 1 aromatic carbocycles. The second kappa shape index (κ2) is 5.97. The van der Waals surface area contributed by atoms with Crippen LogP contribution in [0.1, 0.15) is 17.2 Å². The van der Waals surface area contributed by atoms with Gasteiger partial charge in [-0.1, -0.05) is 17.7 Å². The fourth-order valence-corrected chi connectivity index (χ4v) is 2.17. The molecular weight excluding hydrogens is 267 g/mol. The number of nitrogen functional groups attached to an aromatic ring is 1. The number of nitrogens with zero attached hydrogens (tertiary/aromatic N) is 1. The molecule has 0 aliphatic heterocycles. The fraction of sp³-hybridized carbons (Fsp3) is 0.154. The van der Waals surface area contributed by atoms with Gasteiger partial charge < -0.3 is 5.73 Å². The maximum absolute atomic E-state index is 13.0. The van der Waals surface area contributed by atoms with Gasteiger partial charge in [0.05, 0.1) is 6.04 Å². The summed E-state index contributed by atoms with van der Waals surface area (Å²) in [6, 6.07) is 5.66. The molecule has 1 aromatic heterocycles. The average Bonchev–Trinajstić information content (AvgIpc) is 2.39. The van der Waals surface area contributed by atoms with Crippen LogP contribution in [0, 0.1) is 5.82 Å². The van der Waals surface area contributed by atoms with Gasteiger partial charge in [-0.3, -0.25) is 16.3 Å². The van der Waals surface area contributed by atoms with Gasteiger partial charge in [0.15, 0.2) is 0 Å². The molecule has 0 saturated carbocycles. The summed E-state index contributed by atoms with van der Waals surface area (Å²) in [5.74, 6) is 5.16. The maximum atomic E-state index is 13.0. The summed E-state index contributed by atoms with van der Waals surface area (Å²) in [4.78, 5) is 4.02. The molecule has 0 amide bonds. The van der Waals surface area contributed by atoms with E-state index in [1.165, 1.54) is 12.1 Å². The Balaban J connectivity index is 2.28. The minimum absolute atomic E-state index is 0.264. The van der Waals surface area contributed by atoms with E-state index in [2.05, 4.69) is 10.4 Å². The molecule has 0 aliphatic rings. The number of hydrogen-bond acceptors (Lipinski definition) is 4. The van der Waals surface area contributed by atoms with Crippen molar-refractivity contribution in [1.29, 1.82) is 0 Å². The normalized spacial score (nSPS) is 12.4. The van der Waals surface area contributed by atoms with Gasteiger partial charge in [0.1, 0.15) is 5.82 Å². The summed E-state index contributed by atoms with van der Waals surface area (Å²) >= 11 is 6.03. The van der Waals surface area contributed by atoms with Gasteiger partial charge in [-0.15, -0.1) is 0 Å². The summed E-state index contributed by atoms with van der Waals surface area (Å²) in [5, 5.41) is 0.324. The molecule has 0 spiro atoms. The first kappa shape index (κ1) is 13.7. The van der Waals surface area contributed by atoms with Crippen molar-refractivity contribution < 1.29 is 4.39 Å². The van der Waals surface area contributed by atoms with Crippen LogP contribution in [0.5, 0.6) is 0 Å². The maximum Gasteiger partial charge on any atom is 0.124 e. The monoisotopic (exact) mass is 280 g/mol. The highest BCUT2D eigenvalue weighted by atomic mass is 35.5. The highest BCUT2D eigenvalue weighted by Crippen LogP contribution is 2.27. The van der Waals surface area contributed by atoms with Crippen molar-refractivity contribution >= 4 is 17.3 Å². The molecule has 100 valence electrons. The Morgan fingerprint density at radius 1 is 1.37 bits per heavy atom. The van der Waals surface area contributed by atoms with E-state index in [0.29, 0.717) is 22.7 Å². The van der Waals surface area contributed by atoms with Crippen LogP contribution in [-0.4, -0.2) is 4.98 Å². The van der Waals surface area contributed by atoms with E-state index in [-0.39, 0.29) is 11.9 Å². The quantitative estimate of drug-likeness (QED) is 0.593. The lowest BCUT2D eigenvalue weighted by Gasteiger charge is -2.18. The van der Waals surface area contributed by atoms with Crippen molar-refractivity contribution in [3.8, 4) is 0 Å². The van der Waals surface area contributed by atoms with Crippen LogP contribution in [0.3, 0.4) is 0 Å². The van der Waals surface area contributed by atoms with Gasteiger partial charge in [-0.2, -0.15) is 0 Å². The van der Waals surface area contributed by atoms with E-state index in [0.717, 1.165) is 5.56 Å². The molecule has 19 heavy (non-hydrogen) atoms. The van der Waals surface area contributed by atoms with E-state index in [9.17, 15) is 4.39 Å². The van der Waals surface area contributed by atoms with Crippen molar-refractivity contribution in [2.24, 2.45) is 5.84 Å². The highest BCUT2D eigenvalue weighted by molar-refractivity contribution is 6.31. The lowest BCUT2D eigenvalue weighted by atomic mass is 9.99. The lowest BCUT2D eigenvalue weighted by Crippen LogP contribution is -2.30. The zero-order valence-corrected chi connectivity index (χ0v) is 10.9. The zero-order chi connectivity index (χ0) is 13.8. The SMILES string of the molecule is NNC(Cc1cnccc1N)c1ccc(F)cc1Cl. The number of nitrogens with two attached hydrogens (primary N) is 2. The number of rotatable bonds is 4. The van der Waals surface area contributed by atoms with E-state index < -0.39 is 0 Å². The molecule has 0 aliphatic carbocycles. The molecule has 0 fully saturated rings. The summed E-state index contributed by atoms with van der Waals surface area (Å²) in [6.07, 6.45) is 3.81. The van der Waals surface area contributed by atoms with Crippen LogP contribution in [0.2, 0.25) is 5.02 Å². The Morgan fingerprint density at radius 3 is 2.79 bits per heavy atom. The number of anilines is 1. The first-order valence-electron chi connectivity index (χ1n) is 5.71. The predicted octanol–water partition coefficient (Wildman–Crippen LogP) is 2.20. The molecule has 0 radical (unpaired) electrons. The van der Waals surface area contributed by atoms with Gasteiger partial charge in [-0.05, 0) is 35.7 Å². The lowest BCUT2D eigenvalue weighted by molar-refractivity contribution is 0.549.